The third-order valence-corrected chi connectivity index (χ3v) is 5.31. The highest BCUT2D eigenvalue weighted by atomic mass is 32.2. The Morgan fingerprint density at radius 3 is 2.00 bits per heavy atom. The maximum atomic E-state index is 12.3. The highest BCUT2D eigenvalue weighted by Gasteiger charge is 2.27. The molecule has 1 aromatic rings. The Hall–Kier alpha value is -1.44. The Balaban J connectivity index is 3.07. The summed E-state index contributed by atoms with van der Waals surface area (Å²) in [6, 6.07) is 5.76. The third-order valence-electron chi connectivity index (χ3n) is 3.48. The van der Waals surface area contributed by atoms with Gasteiger partial charge >= 0.3 is 0 Å². The molecule has 0 atom stereocenters. The average Bonchev–Trinajstić information content (AvgIpc) is 2.45. The maximum absolute atomic E-state index is 12.3. The van der Waals surface area contributed by atoms with Gasteiger partial charge in [0.2, 0.25) is 10.0 Å². The number of hydrogen-bond donors (Lipinski definition) is 1. The number of sulfonamides is 1. The van der Waals surface area contributed by atoms with Crippen LogP contribution in [0.5, 0.6) is 0 Å². The lowest BCUT2D eigenvalue weighted by atomic mass is 10.0. The number of aliphatic hydroxyl groups is 1. The standard InChI is InChI=1S/C14H22N2O4S/c1-14(2,10-17)16(5)13(18)11-6-8-12(9-7-11)21(19,20)15(3)4/h6-9,17H,10H2,1-5H3. The Morgan fingerprint density at radius 2 is 1.62 bits per heavy atom. The van der Waals surface area contributed by atoms with Crippen LogP contribution in [0.1, 0.15) is 24.2 Å². The van der Waals surface area contributed by atoms with Gasteiger partial charge in [-0.2, -0.15) is 0 Å². The molecule has 6 nitrogen and oxygen atoms in total. The van der Waals surface area contributed by atoms with Crippen molar-refractivity contribution in [3.05, 3.63) is 29.8 Å². The van der Waals surface area contributed by atoms with Crippen molar-refractivity contribution >= 4 is 15.9 Å². The molecule has 0 aliphatic heterocycles. The van der Waals surface area contributed by atoms with E-state index >= 15 is 0 Å². The molecule has 21 heavy (non-hydrogen) atoms. The molecule has 0 saturated carbocycles. The lowest BCUT2D eigenvalue weighted by molar-refractivity contribution is 0.0473. The zero-order chi connectivity index (χ0) is 16.4. The van der Waals surface area contributed by atoms with E-state index in [0.717, 1.165) is 4.31 Å². The van der Waals surface area contributed by atoms with Gasteiger partial charge in [-0.3, -0.25) is 4.79 Å². The molecule has 0 heterocycles. The van der Waals surface area contributed by atoms with Crippen LogP contribution in [0.25, 0.3) is 0 Å². The van der Waals surface area contributed by atoms with Crippen molar-refractivity contribution in [2.75, 3.05) is 27.7 Å². The first-order valence-corrected chi connectivity index (χ1v) is 7.89. The lowest BCUT2D eigenvalue weighted by Gasteiger charge is -2.34. The van der Waals surface area contributed by atoms with Crippen LogP contribution in [0.4, 0.5) is 0 Å². The fourth-order valence-corrected chi connectivity index (χ4v) is 2.46. The molecule has 0 unspecified atom stereocenters. The van der Waals surface area contributed by atoms with Gasteiger partial charge in [0.15, 0.2) is 0 Å². The topological polar surface area (TPSA) is 77.9 Å². The molecule has 0 aliphatic rings. The van der Waals surface area contributed by atoms with E-state index < -0.39 is 15.6 Å². The van der Waals surface area contributed by atoms with Crippen LogP contribution in [0.15, 0.2) is 29.2 Å². The zero-order valence-corrected chi connectivity index (χ0v) is 13.8. The van der Waals surface area contributed by atoms with Crippen molar-refractivity contribution < 1.29 is 18.3 Å². The summed E-state index contributed by atoms with van der Waals surface area (Å²) < 4.78 is 25.0. The van der Waals surface area contributed by atoms with Gasteiger partial charge in [0.05, 0.1) is 17.0 Å². The minimum absolute atomic E-state index is 0.133. The molecule has 1 N–H and O–H groups in total. The summed E-state index contributed by atoms with van der Waals surface area (Å²) in [5.41, 5.74) is -0.317. The second kappa shape index (κ2) is 6.13. The van der Waals surface area contributed by atoms with Gasteiger partial charge in [-0.05, 0) is 38.1 Å². The molecule has 1 aromatic carbocycles. The van der Waals surface area contributed by atoms with Crippen molar-refractivity contribution in [3.8, 4) is 0 Å². The highest BCUT2D eigenvalue weighted by molar-refractivity contribution is 7.89. The van der Waals surface area contributed by atoms with Crippen LogP contribution < -0.4 is 0 Å². The molecule has 7 heteroatoms. The summed E-state index contributed by atoms with van der Waals surface area (Å²) >= 11 is 0. The average molecular weight is 314 g/mol. The Morgan fingerprint density at radius 1 is 1.14 bits per heavy atom. The third kappa shape index (κ3) is 3.61. The zero-order valence-electron chi connectivity index (χ0n) is 13.0. The van der Waals surface area contributed by atoms with Crippen LogP contribution >= 0.6 is 0 Å². The number of carbonyl (C=O) groups excluding carboxylic acids is 1. The molecule has 0 aromatic heterocycles. The fraction of sp³-hybridized carbons (Fsp3) is 0.500. The van der Waals surface area contributed by atoms with Gasteiger partial charge in [0.25, 0.3) is 5.91 Å². The van der Waals surface area contributed by atoms with E-state index in [1.165, 1.54) is 43.3 Å². The molecule has 0 fully saturated rings. The van der Waals surface area contributed by atoms with Gasteiger partial charge < -0.3 is 10.0 Å². The molecule has 0 saturated heterocycles. The Labute approximate surface area is 126 Å². The number of hydrogen-bond acceptors (Lipinski definition) is 4. The van der Waals surface area contributed by atoms with Gasteiger partial charge in [-0.25, -0.2) is 12.7 Å². The second-order valence-electron chi connectivity index (χ2n) is 5.65. The normalized spacial score (nSPS) is 12.5. The van der Waals surface area contributed by atoms with Crippen molar-refractivity contribution in [3.63, 3.8) is 0 Å². The van der Waals surface area contributed by atoms with E-state index in [2.05, 4.69) is 0 Å². The minimum atomic E-state index is -3.50. The smallest absolute Gasteiger partial charge is 0.254 e. The summed E-state index contributed by atoms with van der Waals surface area (Å²) in [5, 5.41) is 9.29. The molecule has 0 radical (unpaired) electrons. The van der Waals surface area contributed by atoms with E-state index in [-0.39, 0.29) is 17.4 Å². The molecule has 1 rings (SSSR count). The Kier molecular flexibility index (Phi) is 5.14. The number of amides is 1. The highest BCUT2D eigenvalue weighted by Crippen LogP contribution is 2.18. The number of likely N-dealkylation sites (N-methyl/N-ethyl adjacent to an activating group) is 1. The number of nitrogens with zero attached hydrogens (tertiary/aromatic N) is 2. The summed E-state index contributed by atoms with van der Waals surface area (Å²) in [6.07, 6.45) is 0. The van der Waals surface area contributed by atoms with Gasteiger partial charge in [-0.15, -0.1) is 0 Å². The first kappa shape index (κ1) is 17.6. The molecular weight excluding hydrogens is 292 g/mol. The SMILES string of the molecule is CN(C(=O)c1ccc(S(=O)(=O)N(C)C)cc1)C(C)(C)CO. The molecule has 118 valence electrons. The predicted molar refractivity (Wildman–Crippen MR) is 80.6 cm³/mol. The summed E-state index contributed by atoms with van der Waals surface area (Å²) in [7, 11) is 0.997. The molecule has 0 aliphatic carbocycles. The number of carbonyl (C=O) groups is 1. The van der Waals surface area contributed by atoms with Crippen molar-refractivity contribution in [2.24, 2.45) is 0 Å². The first-order chi connectivity index (χ1) is 9.54. The molecular formula is C14H22N2O4S. The van der Waals surface area contributed by atoms with Gasteiger partial charge in [-0.1, -0.05) is 0 Å². The van der Waals surface area contributed by atoms with E-state index in [4.69, 9.17) is 0 Å². The van der Waals surface area contributed by atoms with Crippen LogP contribution in [0, 0.1) is 0 Å². The first-order valence-electron chi connectivity index (χ1n) is 6.45. The van der Waals surface area contributed by atoms with Crippen LogP contribution in [-0.2, 0) is 10.0 Å². The van der Waals surface area contributed by atoms with E-state index in [0.29, 0.717) is 5.56 Å². The number of benzene rings is 1. The van der Waals surface area contributed by atoms with Crippen LogP contribution in [-0.4, -0.2) is 61.9 Å². The van der Waals surface area contributed by atoms with E-state index in [1.807, 2.05) is 0 Å². The summed E-state index contributed by atoms with van der Waals surface area (Å²) in [5.74, 6) is -0.275. The van der Waals surface area contributed by atoms with Crippen LogP contribution in [0.2, 0.25) is 0 Å². The van der Waals surface area contributed by atoms with Crippen molar-refractivity contribution in [2.45, 2.75) is 24.3 Å². The molecule has 0 bridgehead atoms. The van der Waals surface area contributed by atoms with E-state index in [9.17, 15) is 18.3 Å². The monoisotopic (exact) mass is 314 g/mol. The van der Waals surface area contributed by atoms with Gasteiger partial charge in [0.1, 0.15) is 0 Å². The molecule has 1 amide bonds. The Bertz CT molecular complexity index is 606. The van der Waals surface area contributed by atoms with Crippen molar-refractivity contribution in [1.29, 1.82) is 0 Å². The largest absolute Gasteiger partial charge is 0.394 e. The molecule has 0 spiro atoms. The fourth-order valence-electron chi connectivity index (χ4n) is 1.55. The van der Waals surface area contributed by atoms with Crippen molar-refractivity contribution in [1.82, 2.24) is 9.21 Å². The maximum Gasteiger partial charge on any atom is 0.254 e. The number of aliphatic hydroxyl groups excluding tert-OH is 1. The summed E-state index contributed by atoms with van der Waals surface area (Å²) in [6.45, 7) is 3.33. The summed E-state index contributed by atoms with van der Waals surface area (Å²) in [4.78, 5) is 13.9. The van der Waals surface area contributed by atoms with Crippen LogP contribution in [0.3, 0.4) is 0 Å². The predicted octanol–water partition coefficient (Wildman–Crippen LogP) is 0.780. The van der Waals surface area contributed by atoms with E-state index in [1.54, 1.807) is 20.9 Å². The lowest BCUT2D eigenvalue weighted by Crippen LogP contribution is -2.47. The van der Waals surface area contributed by atoms with Gasteiger partial charge in [0, 0.05) is 26.7 Å². The number of rotatable bonds is 5. The minimum Gasteiger partial charge on any atom is -0.394 e. The quantitative estimate of drug-likeness (QED) is 0.871. The second-order valence-corrected chi connectivity index (χ2v) is 7.80.